The van der Waals surface area contributed by atoms with Crippen molar-refractivity contribution in [3.05, 3.63) is 0 Å². The summed E-state index contributed by atoms with van der Waals surface area (Å²) in [6.45, 7) is 2.17. The average Bonchev–Trinajstić information content (AvgIpc) is 2.38. The molecule has 0 aliphatic heterocycles. The van der Waals surface area contributed by atoms with Crippen molar-refractivity contribution in [2.75, 3.05) is 0 Å². The summed E-state index contributed by atoms with van der Waals surface area (Å²) in [5.74, 6) is -0.778. The van der Waals surface area contributed by atoms with Crippen LogP contribution in [0, 0.1) is 0 Å². The second-order valence-electron chi connectivity index (χ2n) is 6.12. The predicted octanol–water partition coefficient (Wildman–Crippen LogP) is 3.64. The topological polar surface area (TPSA) is 66.4 Å². The molecule has 0 saturated heterocycles. The number of carboxylic acids is 1. The molecule has 0 spiro atoms. The van der Waals surface area contributed by atoms with E-state index in [0.717, 1.165) is 44.9 Å². The number of rotatable bonds is 9. The Hall–Kier alpha value is -1.06. The fraction of sp³-hybridized carbons (Fsp3) is 0.875. The summed E-state index contributed by atoms with van der Waals surface area (Å²) in [5, 5.41) is 12.1. The van der Waals surface area contributed by atoms with E-state index in [4.69, 9.17) is 5.11 Å². The van der Waals surface area contributed by atoms with E-state index in [0.29, 0.717) is 6.42 Å². The minimum Gasteiger partial charge on any atom is -0.481 e. The third-order valence-electron chi connectivity index (χ3n) is 4.21. The number of hydrogen-bond donors (Lipinski definition) is 2. The lowest BCUT2D eigenvalue weighted by molar-refractivity contribution is -0.139. The van der Waals surface area contributed by atoms with Crippen LogP contribution in [0.5, 0.6) is 0 Å². The molecule has 0 aromatic rings. The maximum Gasteiger partial charge on any atom is 0.305 e. The molecule has 1 fully saturated rings. The zero-order valence-electron chi connectivity index (χ0n) is 12.7. The van der Waals surface area contributed by atoms with E-state index < -0.39 is 11.5 Å². The first-order valence-electron chi connectivity index (χ1n) is 8.11. The Morgan fingerprint density at radius 2 is 1.70 bits per heavy atom. The first-order chi connectivity index (χ1) is 9.58. The molecule has 2 N–H and O–H groups in total. The van der Waals surface area contributed by atoms with Gasteiger partial charge in [-0.1, -0.05) is 51.9 Å². The van der Waals surface area contributed by atoms with Crippen LogP contribution in [0.3, 0.4) is 0 Å². The number of aliphatic carboxylic acids is 1. The van der Waals surface area contributed by atoms with Gasteiger partial charge in [-0.3, -0.25) is 9.59 Å². The number of carbonyl (C=O) groups is 2. The fourth-order valence-corrected chi connectivity index (χ4v) is 3.11. The third-order valence-corrected chi connectivity index (χ3v) is 4.21. The molecule has 1 aliphatic rings. The van der Waals surface area contributed by atoms with Gasteiger partial charge in [0.15, 0.2) is 0 Å². The maximum absolute atomic E-state index is 12.0. The van der Waals surface area contributed by atoms with Crippen LogP contribution in [0.1, 0.15) is 84.0 Å². The summed E-state index contributed by atoms with van der Waals surface area (Å²) in [4.78, 5) is 23.1. The summed E-state index contributed by atoms with van der Waals surface area (Å²) in [6, 6.07) is 0. The lowest BCUT2D eigenvalue weighted by Gasteiger charge is -2.37. The van der Waals surface area contributed by atoms with Gasteiger partial charge in [0.25, 0.3) is 0 Å². The van der Waals surface area contributed by atoms with Gasteiger partial charge in [0.1, 0.15) is 0 Å². The van der Waals surface area contributed by atoms with Crippen LogP contribution in [0.2, 0.25) is 0 Å². The average molecular weight is 283 g/mol. The summed E-state index contributed by atoms with van der Waals surface area (Å²) >= 11 is 0. The predicted molar refractivity (Wildman–Crippen MR) is 79.6 cm³/mol. The van der Waals surface area contributed by atoms with Gasteiger partial charge in [-0.25, -0.2) is 0 Å². The molecular weight excluding hydrogens is 254 g/mol. The Balaban J connectivity index is 2.36. The minimum absolute atomic E-state index is 0.0321. The van der Waals surface area contributed by atoms with Gasteiger partial charge in [0.2, 0.25) is 5.91 Å². The fourth-order valence-electron chi connectivity index (χ4n) is 3.11. The van der Waals surface area contributed by atoms with Crippen molar-refractivity contribution in [3.63, 3.8) is 0 Å². The van der Waals surface area contributed by atoms with Gasteiger partial charge < -0.3 is 10.4 Å². The monoisotopic (exact) mass is 283 g/mol. The number of hydrogen-bond acceptors (Lipinski definition) is 2. The van der Waals surface area contributed by atoms with Gasteiger partial charge in [0, 0.05) is 6.42 Å². The Bertz CT molecular complexity index is 309. The van der Waals surface area contributed by atoms with Crippen LogP contribution in [0.15, 0.2) is 0 Å². The molecular formula is C16H29NO3. The Morgan fingerprint density at radius 3 is 2.30 bits per heavy atom. The Labute approximate surface area is 122 Å². The smallest absolute Gasteiger partial charge is 0.305 e. The molecule has 20 heavy (non-hydrogen) atoms. The molecule has 0 bridgehead atoms. The molecule has 0 heterocycles. The Morgan fingerprint density at radius 1 is 1.05 bits per heavy atom. The normalized spacial score (nSPS) is 17.6. The van der Waals surface area contributed by atoms with E-state index in [1.807, 2.05) is 0 Å². The van der Waals surface area contributed by atoms with Crippen LogP contribution >= 0.6 is 0 Å². The van der Waals surface area contributed by atoms with Crippen molar-refractivity contribution in [2.24, 2.45) is 0 Å². The van der Waals surface area contributed by atoms with Crippen LogP contribution < -0.4 is 5.32 Å². The Kier molecular flexibility index (Phi) is 7.63. The zero-order chi connectivity index (χ0) is 14.8. The van der Waals surface area contributed by atoms with Crippen molar-refractivity contribution in [1.29, 1.82) is 0 Å². The molecule has 4 nitrogen and oxygen atoms in total. The van der Waals surface area contributed by atoms with Crippen molar-refractivity contribution in [1.82, 2.24) is 5.32 Å². The minimum atomic E-state index is -0.810. The highest BCUT2D eigenvalue weighted by Gasteiger charge is 2.35. The van der Waals surface area contributed by atoms with E-state index in [1.54, 1.807) is 0 Å². The highest BCUT2D eigenvalue weighted by atomic mass is 16.4. The number of carbonyl (C=O) groups excluding carboxylic acids is 1. The molecule has 0 radical (unpaired) electrons. The molecule has 1 rings (SSSR count). The molecule has 4 heteroatoms. The lowest BCUT2D eigenvalue weighted by Crippen LogP contribution is -2.51. The zero-order valence-corrected chi connectivity index (χ0v) is 12.7. The highest BCUT2D eigenvalue weighted by Crippen LogP contribution is 2.31. The van der Waals surface area contributed by atoms with Crippen LogP contribution in [0.25, 0.3) is 0 Å². The van der Waals surface area contributed by atoms with Gasteiger partial charge in [0.05, 0.1) is 12.0 Å². The maximum atomic E-state index is 12.0. The number of nitrogens with one attached hydrogen (secondary N) is 1. The summed E-state index contributed by atoms with van der Waals surface area (Å²) in [7, 11) is 0. The van der Waals surface area contributed by atoms with Gasteiger partial charge in [-0.2, -0.15) is 0 Å². The first kappa shape index (κ1) is 17.0. The quantitative estimate of drug-likeness (QED) is 0.635. The second-order valence-corrected chi connectivity index (χ2v) is 6.12. The van der Waals surface area contributed by atoms with E-state index in [2.05, 4.69) is 12.2 Å². The first-order valence-corrected chi connectivity index (χ1v) is 8.11. The SMILES string of the molecule is CCCCCCCC(=O)NC1(CC(=O)O)CCCCC1. The molecule has 1 amide bonds. The number of carboxylic acid groups (broad SMARTS) is 1. The van der Waals surface area contributed by atoms with Crippen molar-refractivity contribution < 1.29 is 14.7 Å². The standard InChI is InChI=1S/C16H29NO3/c1-2-3-4-5-7-10-14(18)17-16(13-15(19)20)11-8-6-9-12-16/h2-13H2,1H3,(H,17,18)(H,19,20). The van der Waals surface area contributed by atoms with E-state index >= 15 is 0 Å². The van der Waals surface area contributed by atoms with Gasteiger partial charge in [-0.15, -0.1) is 0 Å². The number of unbranched alkanes of at least 4 members (excludes halogenated alkanes) is 4. The van der Waals surface area contributed by atoms with Gasteiger partial charge >= 0.3 is 5.97 Å². The summed E-state index contributed by atoms with van der Waals surface area (Å²) < 4.78 is 0. The molecule has 1 aliphatic carbocycles. The van der Waals surface area contributed by atoms with Gasteiger partial charge in [-0.05, 0) is 19.3 Å². The largest absolute Gasteiger partial charge is 0.481 e. The highest BCUT2D eigenvalue weighted by molar-refractivity contribution is 5.78. The van der Waals surface area contributed by atoms with Crippen molar-refractivity contribution >= 4 is 11.9 Å². The summed E-state index contributed by atoms with van der Waals surface area (Å²) in [6.07, 6.45) is 11.0. The molecule has 116 valence electrons. The van der Waals surface area contributed by atoms with Crippen LogP contribution in [0.4, 0.5) is 0 Å². The van der Waals surface area contributed by atoms with E-state index in [9.17, 15) is 9.59 Å². The second kappa shape index (κ2) is 8.98. The molecule has 0 unspecified atom stereocenters. The molecule has 0 atom stereocenters. The van der Waals surface area contributed by atoms with Crippen molar-refractivity contribution in [2.45, 2.75) is 89.5 Å². The molecule has 0 aromatic carbocycles. The van der Waals surface area contributed by atoms with Crippen LogP contribution in [-0.4, -0.2) is 22.5 Å². The third kappa shape index (κ3) is 6.40. The van der Waals surface area contributed by atoms with Crippen LogP contribution in [-0.2, 0) is 9.59 Å². The molecule has 0 aromatic heterocycles. The van der Waals surface area contributed by atoms with Crippen molar-refractivity contribution in [3.8, 4) is 0 Å². The van der Waals surface area contributed by atoms with E-state index in [-0.39, 0.29) is 12.3 Å². The molecule has 1 saturated carbocycles. The number of amides is 1. The summed E-state index contributed by atoms with van der Waals surface area (Å²) in [5.41, 5.74) is -0.482. The lowest BCUT2D eigenvalue weighted by atomic mass is 9.79. The van der Waals surface area contributed by atoms with E-state index in [1.165, 1.54) is 19.3 Å².